The number of carbonyl (C=O) groups excluding carboxylic acids is 2. The topological polar surface area (TPSA) is 82.5 Å². The molecule has 2 saturated heterocycles. The first-order valence-corrected chi connectivity index (χ1v) is 7.77. The number of aliphatic hydroxyl groups excluding tert-OH is 1. The van der Waals surface area contributed by atoms with E-state index in [2.05, 4.69) is 10.3 Å². The number of halogens is 1. The van der Waals surface area contributed by atoms with Crippen LogP contribution in [0.25, 0.3) is 0 Å². The third kappa shape index (κ3) is 2.46. The second kappa shape index (κ2) is 5.85. The maximum Gasteiger partial charge on any atom is 0.255 e. The predicted octanol–water partition coefficient (Wildman–Crippen LogP) is 0.838. The summed E-state index contributed by atoms with van der Waals surface area (Å²) in [5.41, 5.74) is -0.523. The Morgan fingerprint density at radius 1 is 1.55 bits per heavy atom. The number of rotatable bonds is 1. The average Bonchev–Trinajstić information content (AvgIpc) is 2.52. The molecule has 2 aliphatic rings. The molecule has 2 fully saturated rings. The fourth-order valence-electron chi connectivity index (χ4n) is 3.34. The number of hydrogen-bond donors (Lipinski definition) is 2. The van der Waals surface area contributed by atoms with E-state index in [0.717, 1.165) is 6.42 Å². The molecule has 22 heavy (non-hydrogen) atoms. The van der Waals surface area contributed by atoms with Crippen LogP contribution in [0.4, 0.5) is 0 Å². The highest BCUT2D eigenvalue weighted by molar-refractivity contribution is 6.33. The molecule has 2 aliphatic heterocycles. The lowest BCUT2D eigenvalue weighted by Crippen LogP contribution is -2.62. The van der Waals surface area contributed by atoms with Crippen LogP contribution in [-0.2, 0) is 4.79 Å². The minimum Gasteiger partial charge on any atom is -0.392 e. The highest BCUT2D eigenvalue weighted by atomic mass is 35.5. The predicted molar refractivity (Wildman–Crippen MR) is 80.5 cm³/mol. The quantitative estimate of drug-likeness (QED) is 0.802. The van der Waals surface area contributed by atoms with Crippen LogP contribution in [0.15, 0.2) is 18.5 Å². The summed E-state index contributed by atoms with van der Waals surface area (Å²) in [7, 11) is 0. The molecule has 1 spiro atoms. The molecular weight excluding hydrogens is 306 g/mol. The Balaban J connectivity index is 1.86. The van der Waals surface area contributed by atoms with Gasteiger partial charge in [-0.3, -0.25) is 14.6 Å². The molecule has 6 nitrogen and oxygen atoms in total. The highest BCUT2D eigenvalue weighted by Gasteiger charge is 2.50. The fraction of sp³-hybridized carbons (Fsp3) is 0.533. The molecule has 2 amide bonds. The van der Waals surface area contributed by atoms with Gasteiger partial charge in [0.25, 0.3) is 5.91 Å². The lowest BCUT2D eigenvalue weighted by atomic mass is 9.71. The van der Waals surface area contributed by atoms with Gasteiger partial charge in [0, 0.05) is 32.0 Å². The summed E-state index contributed by atoms with van der Waals surface area (Å²) in [5, 5.41) is 13.4. The summed E-state index contributed by atoms with van der Waals surface area (Å²) < 4.78 is 0. The van der Waals surface area contributed by atoms with Gasteiger partial charge in [-0.05, 0) is 25.3 Å². The number of aliphatic hydroxyl groups is 1. The third-order valence-electron chi connectivity index (χ3n) is 4.61. The van der Waals surface area contributed by atoms with Gasteiger partial charge in [-0.25, -0.2) is 0 Å². The van der Waals surface area contributed by atoms with Gasteiger partial charge in [-0.2, -0.15) is 0 Å². The molecule has 0 radical (unpaired) electrons. The van der Waals surface area contributed by atoms with Crippen LogP contribution in [0.1, 0.15) is 29.6 Å². The second-order valence-corrected chi connectivity index (χ2v) is 6.31. The first-order valence-electron chi connectivity index (χ1n) is 7.40. The first-order chi connectivity index (χ1) is 10.5. The van der Waals surface area contributed by atoms with Gasteiger partial charge >= 0.3 is 0 Å². The van der Waals surface area contributed by atoms with Crippen molar-refractivity contribution in [2.45, 2.75) is 25.4 Å². The molecule has 7 heteroatoms. The summed E-state index contributed by atoms with van der Waals surface area (Å²) in [5.74, 6) is -0.387. The lowest BCUT2D eigenvalue weighted by molar-refractivity contribution is -0.147. The standard InChI is InChI=1S/C15H18ClN3O3/c16-11-8-17-6-2-10(11)13(21)19-7-3-12(20)15(9-19)4-1-5-18-14(15)22/h2,6,8,12,20H,1,3-5,7,9H2,(H,18,22)/t12-,15-/m1/s1. The Hall–Kier alpha value is -1.66. The molecule has 1 aromatic heterocycles. The molecule has 0 saturated carbocycles. The fourth-order valence-corrected chi connectivity index (χ4v) is 3.54. The number of piperidine rings is 2. The van der Waals surface area contributed by atoms with E-state index in [1.54, 1.807) is 11.0 Å². The van der Waals surface area contributed by atoms with E-state index in [-0.39, 0.29) is 18.4 Å². The maximum atomic E-state index is 12.7. The SMILES string of the molecule is O=C(c1ccncc1Cl)N1CC[C@@H](O)[C@@]2(CCCNC2=O)C1. The van der Waals surface area contributed by atoms with E-state index >= 15 is 0 Å². The van der Waals surface area contributed by atoms with Gasteiger partial charge in [-0.1, -0.05) is 11.6 Å². The largest absolute Gasteiger partial charge is 0.392 e. The number of likely N-dealkylation sites (tertiary alicyclic amines) is 1. The van der Waals surface area contributed by atoms with Crippen molar-refractivity contribution >= 4 is 23.4 Å². The van der Waals surface area contributed by atoms with E-state index in [4.69, 9.17) is 11.6 Å². The van der Waals surface area contributed by atoms with Crippen LogP contribution in [0.3, 0.4) is 0 Å². The van der Waals surface area contributed by atoms with Crippen LogP contribution in [0, 0.1) is 5.41 Å². The number of carbonyl (C=O) groups is 2. The Morgan fingerprint density at radius 2 is 2.36 bits per heavy atom. The van der Waals surface area contributed by atoms with Crippen molar-refractivity contribution < 1.29 is 14.7 Å². The number of hydrogen-bond acceptors (Lipinski definition) is 4. The van der Waals surface area contributed by atoms with Crippen LogP contribution < -0.4 is 5.32 Å². The maximum absolute atomic E-state index is 12.7. The van der Waals surface area contributed by atoms with E-state index in [1.807, 2.05) is 0 Å². The Morgan fingerprint density at radius 3 is 3.09 bits per heavy atom. The van der Waals surface area contributed by atoms with Crippen molar-refractivity contribution in [3.63, 3.8) is 0 Å². The molecule has 0 unspecified atom stereocenters. The van der Waals surface area contributed by atoms with Crippen molar-refractivity contribution in [2.24, 2.45) is 5.41 Å². The minimum atomic E-state index is -0.897. The van der Waals surface area contributed by atoms with Gasteiger partial charge in [-0.15, -0.1) is 0 Å². The van der Waals surface area contributed by atoms with Gasteiger partial charge < -0.3 is 15.3 Å². The molecule has 118 valence electrons. The van der Waals surface area contributed by atoms with E-state index in [9.17, 15) is 14.7 Å². The number of amides is 2. The van der Waals surface area contributed by atoms with Crippen molar-refractivity contribution in [1.82, 2.24) is 15.2 Å². The third-order valence-corrected chi connectivity index (χ3v) is 4.91. The van der Waals surface area contributed by atoms with Crippen LogP contribution >= 0.6 is 11.6 Å². The summed E-state index contributed by atoms with van der Waals surface area (Å²) in [6.07, 6.45) is 4.01. The van der Waals surface area contributed by atoms with Gasteiger partial charge in [0.15, 0.2) is 0 Å². The summed E-state index contributed by atoms with van der Waals surface area (Å²) in [4.78, 5) is 30.5. The van der Waals surface area contributed by atoms with Crippen LogP contribution in [0.5, 0.6) is 0 Å². The van der Waals surface area contributed by atoms with E-state index in [0.29, 0.717) is 36.5 Å². The molecule has 0 aliphatic carbocycles. The molecule has 2 N–H and O–H groups in total. The van der Waals surface area contributed by atoms with Crippen molar-refractivity contribution in [2.75, 3.05) is 19.6 Å². The van der Waals surface area contributed by atoms with Gasteiger partial charge in [0.05, 0.1) is 22.1 Å². The monoisotopic (exact) mass is 323 g/mol. The Labute approximate surface area is 133 Å². The molecule has 3 heterocycles. The zero-order chi connectivity index (χ0) is 15.7. The zero-order valence-corrected chi connectivity index (χ0v) is 12.8. The van der Waals surface area contributed by atoms with E-state index in [1.165, 1.54) is 12.4 Å². The summed E-state index contributed by atoms with van der Waals surface area (Å²) in [6, 6.07) is 1.57. The molecule has 0 aromatic carbocycles. The number of aromatic nitrogens is 1. The van der Waals surface area contributed by atoms with Crippen molar-refractivity contribution in [3.05, 3.63) is 29.0 Å². The average molecular weight is 324 g/mol. The number of nitrogens with zero attached hydrogens (tertiary/aromatic N) is 2. The summed E-state index contributed by atoms with van der Waals surface area (Å²) >= 11 is 6.03. The molecule has 2 atom stereocenters. The lowest BCUT2D eigenvalue weighted by Gasteiger charge is -2.46. The van der Waals surface area contributed by atoms with Crippen molar-refractivity contribution in [1.29, 1.82) is 0 Å². The van der Waals surface area contributed by atoms with Crippen LogP contribution in [0.2, 0.25) is 5.02 Å². The van der Waals surface area contributed by atoms with Gasteiger partial charge in [0.2, 0.25) is 5.91 Å². The van der Waals surface area contributed by atoms with Gasteiger partial charge in [0.1, 0.15) is 0 Å². The molecule has 0 bridgehead atoms. The Bertz CT molecular complexity index is 609. The Kier molecular flexibility index (Phi) is 4.06. The smallest absolute Gasteiger partial charge is 0.255 e. The minimum absolute atomic E-state index is 0.162. The molecule has 1 aromatic rings. The van der Waals surface area contributed by atoms with Crippen LogP contribution in [-0.4, -0.2) is 52.5 Å². The summed E-state index contributed by atoms with van der Waals surface area (Å²) in [6.45, 7) is 1.25. The highest BCUT2D eigenvalue weighted by Crippen LogP contribution is 2.37. The van der Waals surface area contributed by atoms with E-state index < -0.39 is 11.5 Å². The second-order valence-electron chi connectivity index (χ2n) is 5.90. The molecular formula is C15H18ClN3O3. The first kappa shape index (κ1) is 15.2. The number of pyridine rings is 1. The van der Waals surface area contributed by atoms with Crippen molar-refractivity contribution in [3.8, 4) is 0 Å². The number of nitrogens with one attached hydrogen (secondary N) is 1. The normalized spacial score (nSPS) is 28.5. The zero-order valence-electron chi connectivity index (χ0n) is 12.1. The molecule has 3 rings (SSSR count).